The van der Waals surface area contributed by atoms with E-state index >= 15 is 0 Å². The maximum Gasteiger partial charge on any atom is 0.144 e. The largest absolute Gasteiger partial charge is 0.463 e. The molecule has 2 rings (SSSR count). The minimum Gasteiger partial charge on any atom is -0.463 e. The van der Waals surface area contributed by atoms with Gasteiger partial charge in [-0.15, -0.1) is 11.3 Å². The second kappa shape index (κ2) is 4.18. The Balaban J connectivity index is 2.13. The Labute approximate surface area is 88.7 Å². The Bertz CT molecular complexity index is 371. The molecule has 0 amide bonds. The fourth-order valence-corrected chi connectivity index (χ4v) is 2.75. The number of thiophene rings is 1. The van der Waals surface area contributed by atoms with Gasteiger partial charge in [-0.1, -0.05) is 26.7 Å². The summed E-state index contributed by atoms with van der Waals surface area (Å²) < 4.78 is 6.64. The molecule has 14 heavy (non-hydrogen) atoms. The average molecular weight is 208 g/mol. The van der Waals surface area contributed by atoms with E-state index in [-0.39, 0.29) is 0 Å². The summed E-state index contributed by atoms with van der Waals surface area (Å²) in [7, 11) is 0. The van der Waals surface area contributed by atoms with E-state index in [0.29, 0.717) is 5.92 Å². The molecule has 0 N–H and O–H groups in total. The van der Waals surface area contributed by atoms with E-state index in [1.54, 1.807) is 6.26 Å². The zero-order valence-electron chi connectivity index (χ0n) is 8.75. The van der Waals surface area contributed by atoms with Crippen LogP contribution in [0.25, 0.3) is 10.3 Å². The van der Waals surface area contributed by atoms with Crippen molar-refractivity contribution in [1.82, 2.24) is 0 Å². The quantitative estimate of drug-likeness (QED) is 0.704. The molecule has 0 saturated heterocycles. The smallest absolute Gasteiger partial charge is 0.144 e. The third-order valence-corrected chi connectivity index (χ3v) is 3.95. The van der Waals surface area contributed by atoms with Gasteiger partial charge in [-0.25, -0.2) is 0 Å². The van der Waals surface area contributed by atoms with Gasteiger partial charge in [0.2, 0.25) is 0 Å². The van der Waals surface area contributed by atoms with Crippen LogP contribution in [0.3, 0.4) is 0 Å². The summed E-state index contributed by atoms with van der Waals surface area (Å²) in [6.45, 7) is 4.55. The van der Waals surface area contributed by atoms with Crippen molar-refractivity contribution in [1.29, 1.82) is 0 Å². The lowest BCUT2D eigenvalue weighted by Gasteiger charge is -2.06. The molecule has 0 aliphatic carbocycles. The first-order valence-electron chi connectivity index (χ1n) is 5.28. The SMILES string of the molecule is CCCCC(C)c1cc2occc2s1. The second-order valence-corrected chi connectivity index (χ2v) is 4.96. The first-order valence-corrected chi connectivity index (χ1v) is 6.10. The molecule has 0 aliphatic heterocycles. The highest BCUT2D eigenvalue weighted by Gasteiger charge is 2.10. The third-order valence-electron chi connectivity index (χ3n) is 2.63. The van der Waals surface area contributed by atoms with Crippen molar-refractivity contribution < 1.29 is 4.42 Å². The van der Waals surface area contributed by atoms with Crippen molar-refractivity contribution in [2.24, 2.45) is 0 Å². The normalized spacial score (nSPS) is 13.6. The molecule has 2 aromatic rings. The lowest BCUT2D eigenvalue weighted by Crippen LogP contribution is -1.88. The molecular formula is C12H16OS. The maximum atomic E-state index is 5.36. The highest BCUT2D eigenvalue weighted by molar-refractivity contribution is 7.19. The van der Waals surface area contributed by atoms with E-state index in [1.165, 1.54) is 28.8 Å². The molecule has 0 saturated carbocycles. The number of rotatable bonds is 4. The van der Waals surface area contributed by atoms with Crippen LogP contribution in [0.15, 0.2) is 22.8 Å². The molecule has 1 unspecified atom stereocenters. The van der Waals surface area contributed by atoms with Gasteiger partial charge in [0.25, 0.3) is 0 Å². The molecule has 2 aromatic heterocycles. The van der Waals surface area contributed by atoms with Crippen molar-refractivity contribution in [3.05, 3.63) is 23.3 Å². The van der Waals surface area contributed by atoms with E-state index in [1.807, 2.05) is 11.3 Å². The maximum absolute atomic E-state index is 5.36. The molecule has 1 nitrogen and oxygen atoms in total. The summed E-state index contributed by atoms with van der Waals surface area (Å²) in [5.41, 5.74) is 1.05. The van der Waals surface area contributed by atoms with Gasteiger partial charge < -0.3 is 4.42 Å². The lowest BCUT2D eigenvalue weighted by molar-refractivity contribution is 0.611. The van der Waals surface area contributed by atoms with E-state index in [0.717, 1.165) is 5.58 Å². The zero-order valence-corrected chi connectivity index (χ0v) is 9.56. The Morgan fingerprint density at radius 2 is 2.36 bits per heavy atom. The molecule has 2 heterocycles. The van der Waals surface area contributed by atoms with Crippen LogP contribution in [0.1, 0.15) is 43.9 Å². The molecule has 0 aromatic carbocycles. The number of hydrogen-bond acceptors (Lipinski definition) is 2. The predicted molar refractivity (Wildman–Crippen MR) is 62.0 cm³/mol. The minimum atomic E-state index is 0.683. The van der Waals surface area contributed by atoms with Crippen LogP contribution in [0.5, 0.6) is 0 Å². The van der Waals surface area contributed by atoms with Gasteiger partial charge in [-0.2, -0.15) is 0 Å². The Morgan fingerprint density at radius 1 is 1.50 bits per heavy atom. The number of hydrogen-bond donors (Lipinski definition) is 0. The van der Waals surface area contributed by atoms with Gasteiger partial charge in [0, 0.05) is 4.88 Å². The lowest BCUT2D eigenvalue weighted by atomic mass is 10.0. The molecule has 1 atom stereocenters. The van der Waals surface area contributed by atoms with Crippen LogP contribution < -0.4 is 0 Å². The molecule has 0 fully saturated rings. The molecule has 76 valence electrons. The van der Waals surface area contributed by atoms with E-state index in [2.05, 4.69) is 26.0 Å². The van der Waals surface area contributed by atoms with Crippen molar-refractivity contribution in [2.45, 2.75) is 39.0 Å². The van der Waals surface area contributed by atoms with E-state index < -0.39 is 0 Å². The van der Waals surface area contributed by atoms with Crippen LogP contribution in [-0.4, -0.2) is 0 Å². The zero-order chi connectivity index (χ0) is 9.97. The first kappa shape index (κ1) is 9.78. The van der Waals surface area contributed by atoms with Crippen molar-refractivity contribution in [2.75, 3.05) is 0 Å². The molecule has 0 aliphatic rings. The molecule has 0 bridgehead atoms. The second-order valence-electron chi connectivity index (χ2n) is 3.84. The molecular weight excluding hydrogens is 192 g/mol. The summed E-state index contributed by atoms with van der Waals surface area (Å²) in [6.07, 6.45) is 5.66. The van der Waals surface area contributed by atoms with Gasteiger partial charge in [-0.05, 0) is 24.5 Å². The van der Waals surface area contributed by atoms with Gasteiger partial charge in [0.05, 0.1) is 11.0 Å². The summed E-state index contributed by atoms with van der Waals surface area (Å²) >= 11 is 1.87. The van der Waals surface area contributed by atoms with E-state index in [4.69, 9.17) is 4.42 Å². The fourth-order valence-electron chi connectivity index (χ4n) is 1.68. The number of furan rings is 1. The van der Waals surface area contributed by atoms with Gasteiger partial charge in [0.15, 0.2) is 0 Å². The highest BCUT2D eigenvalue weighted by Crippen LogP contribution is 2.33. The predicted octanol–water partition coefficient (Wildman–Crippen LogP) is 4.79. The van der Waals surface area contributed by atoms with E-state index in [9.17, 15) is 0 Å². The third kappa shape index (κ3) is 1.85. The average Bonchev–Trinajstić information content (AvgIpc) is 2.72. The number of fused-ring (bicyclic) bond motifs is 1. The summed E-state index contributed by atoms with van der Waals surface area (Å²) in [6, 6.07) is 4.25. The Hall–Kier alpha value is -0.760. The Kier molecular flexibility index (Phi) is 2.92. The molecule has 2 heteroatoms. The molecule has 0 spiro atoms. The minimum absolute atomic E-state index is 0.683. The van der Waals surface area contributed by atoms with Gasteiger partial charge in [0.1, 0.15) is 5.58 Å². The standard InChI is InChI=1S/C12H16OS/c1-3-4-5-9(2)12-8-10-11(14-12)6-7-13-10/h6-9H,3-5H2,1-2H3. The van der Waals surface area contributed by atoms with Crippen LogP contribution in [-0.2, 0) is 0 Å². The topological polar surface area (TPSA) is 13.1 Å². The van der Waals surface area contributed by atoms with Gasteiger partial charge >= 0.3 is 0 Å². The summed E-state index contributed by atoms with van der Waals surface area (Å²) in [5.74, 6) is 0.683. The monoisotopic (exact) mass is 208 g/mol. The van der Waals surface area contributed by atoms with Crippen molar-refractivity contribution in [3.63, 3.8) is 0 Å². The van der Waals surface area contributed by atoms with Crippen LogP contribution in [0, 0.1) is 0 Å². The van der Waals surface area contributed by atoms with Crippen LogP contribution in [0.2, 0.25) is 0 Å². The van der Waals surface area contributed by atoms with Crippen LogP contribution >= 0.6 is 11.3 Å². The van der Waals surface area contributed by atoms with Crippen LogP contribution in [0.4, 0.5) is 0 Å². The highest BCUT2D eigenvalue weighted by atomic mass is 32.1. The van der Waals surface area contributed by atoms with Crippen molar-refractivity contribution >= 4 is 21.6 Å². The Morgan fingerprint density at radius 3 is 3.07 bits per heavy atom. The summed E-state index contributed by atoms with van der Waals surface area (Å²) in [4.78, 5) is 1.47. The van der Waals surface area contributed by atoms with Crippen molar-refractivity contribution in [3.8, 4) is 0 Å². The summed E-state index contributed by atoms with van der Waals surface area (Å²) in [5, 5.41) is 0. The number of unbranched alkanes of at least 4 members (excludes halogenated alkanes) is 1. The van der Waals surface area contributed by atoms with Gasteiger partial charge in [-0.3, -0.25) is 0 Å². The first-order chi connectivity index (χ1) is 6.81. The fraction of sp³-hybridized carbons (Fsp3) is 0.500. The molecule has 0 radical (unpaired) electrons.